The first kappa shape index (κ1) is 19.3. The molecule has 0 spiro atoms. The molecule has 0 atom stereocenters. The molecule has 1 nitrogen and oxygen atoms in total. The van der Waals surface area contributed by atoms with Gasteiger partial charge in [0.05, 0.1) is 11.4 Å². The standard InChI is InChI=1S/C32H23N/c1-3-12-25(13-4-1)30-23-22-26-15-8-10-20-29(26)32(30)33(27-17-5-2-6-18-27)31-21-11-16-24-14-7-9-19-28(24)31/h1-23H. The van der Waals surface area contributed by atoms with Crippen molar-refractivity contribution in [1.29, 1.82) is 0 Å². The molecule has 6 aromatic rings. The van der Waals surface area contributed by atoms with E-state index >= 15 is 0 Å². The molecule has 6 aromatic carbocycles. The molecule has 1 heteroatoms. The van der Waals surface area contributed by atoms with Crippen molar-refractivity contribution >= 4 is 38.6 Å². The zero-order chi connectivity index (χ0) is 22.0. The maximum Gasteiger partial charge on any atom is 0.0618 e. The van der Waals surface area contributed by atoms with Crippen molar-refractivity contribution in [3.8, 4) is 11.1 Å². The van der Waals surface area contributed by atoms with E-state index in [1.165, 1.54) is 44.0 Å². The Kier molecular flexibility index (Phi) is 4.86. The number of nitrogens with zero attached hydrogens (tertiary/aromatic N) is 1. The molecule has 0 unspecified atom stereocenters. The number of anilines is 3. The Morgan fingerprint density at radius 1 is 0.394 bits per heavy atom. The summed E-state index contributed by atoms with van der Waals surface area (Å²) in [4.78, 5) is 2.42. The van der Waals surface area contributed by atoms with Crippen LogP contribution in [0, 0.1) is 0 Å². The fraction of sp³-hybridized carbons (Fsp3) is 0. The van der Waals surface area contributed by atoms with Crippen molar-refractivity contribution in [2.75, 3.05) is 4.90 Å². The molecular formula is C32H23N. The van der Waals surface area contributed by atoms with Gasteiger partial charge < -0.3 is 4.90 Å². The second-order valence-corrected chi connectivity index (χ2v) is 8.22. The summed E-state index contributed by atoms with van der Waals surface area (Å²) in [5.41, 5.74) is 5.93. The third kappa shape index (κ3) is 3.44. The Balaban J connectivity index is 1.75. The molecule has 156 valence electrons. The predicted molar refractivity (Wildman–Crippen MR) is 142 cm³/mol. The molecule has 0 bridgehead atoms. The molecule has 0 N–H and O–H groups in total. The molecule has 0 aliphatic heterocycles. The topological polar surface area (TPSA) is 3.24 Å². The van der Waals surface area contributed by atoms with E-state index in [-0.39, 0.29) is 0 Å². The molecule has 0 saturated carbocycles. The average Bonchev–Trinajstić information content (AvgIpc) is 2.90. The van der Waals surface area contributed by atoms with Gasteiger partial charge >= 0.3 is 0 Å². The fourth-order valence-corrected chi connectivity index (χ4v) is 4.72. The zero-order valence-corrected chi connectivity index (χ0v) is 18.2. The Bertz CT molecular complexity index is 1550. The third-order valence-corrected chi connectivity index (χ3v) is 6.23. The monoisotopic (exact) mass is 421 g/mol. The molecule has 0 aromatic heterocycles. The lowest BCUT2D eigenvalue weighted by Gasteiger charge is -2.30. The van der Waals surface area contributed by atoms with Crippen LogP contribution in [0.2, 0.25) is 0 Å². The van der Waals surface area contributed by atoms with E-state index in [0.717, 1.165) is 5.69 Å². The summed E-state index contributed by atoms with van der Waals surface area (Å²) >= 11 is 0. The van der Waals surface area contributed by atoms with Crippen molar-refractivity contribution in [1.82, 2.24) is 0 Å². The fourth-order valence-electron chi connectivity index (χ4n) is 4.72. The van der Waals surface area contributed by atoms with Crippen molar-refractivity contribution in [3.05, 3.63) is 140 Å². The lowest BCUT2D eigenvalue weighted by molar-refractivity contribution is 1.31. The van der Waals surface area contributed by atoms with E-state index in [1.807, 2.05) is 0 Å². The number of hydrogen-bond acceptors (Lipinski definition) is 1. The molecule has 0 radical (unpaired) electrons. The minimum atomic E-state index is 1.14. The number of para-hydroxylation sites is 1. The number of hydrogen-bond donors (Lipinski definition) is 0. The van der Waals surface area contributed by atoms with Gasteiger partial charge in [-0.3, -0.25) is 0 Å². The molecule has 0 aliphatic rings. The molecule has 0 saturated heterocycles. The highest BCUT2D eigenvalue weighted by Gasteiger charge is 2.21. The average molecular weight is 422 g/mol. The molecule has 33 heavy (non-hydrogen) atoms. The SMILES string of the molecule is c1ccc(-c2ccc3ccccc3c2N(c2ccccc2)c2cccc3ccccc23)cc1. The minimum absolute atomic E-state index is 1.14. The van der Waals surface area contributed by atoms with E-state index in [4.69, 9.17) is 0 Å². The highest BCUT2D eigenvalue weighted by Crippen LogP contribution is 2.46. The van der Waals surface area contributed by atoms with Crippen LogP contribution in [0.3, 0.4) is 0 Å². The second kappa shape index (κ2) is 8.29. The Morgan fingerprint density at radius 3 is 1.73 bits per heavy atom. The van der Waals surface area contributed by atoms with Gasteiger partial charge in [-0.1, -0.05) is 121 Å². The van der Waals surface area contributed by atoms with Gasteiger partial charge in [-0.05, 0) is 34.5 Å². The Morgan fingerprint density at radius 2 is 0.970 bits per heavy atom. The highest BCUT2D eigenvalue weighted by atomic mass is 15.1. The summed E-state index contributed by atoms with van der Waals surface area (Å²) in [6.07, 6.45) is 0. The summed E-state index contributed by atoms with van der Waals surface area (Å²) in [6, 6.07) is 49.7. The summed E-state index contributed by atoms with van der Waals surface area (Å²) in [7, 11) is 0. The van der Waals surface area contributed by atoms with Gasteiger partial charge in [0.2, 0.25) is 0 Å². The second-order valence-electron chi connectivity index (χ2n) is 8.22. The van der Waals surface area contributed by atoms with Crippen LogP contribution in [0.25, 0.3) is 32.7 Å². The van der Waals surface area contributed by atoms with Gasteiger partial charge in [-0.15, -0.1) is 0 Å². The summed E-state index contributed by atoms with van der Waals surface area (Å²) in [6.45, 7) is 0. The van der Waals surface area contributed by atoms with Crippen LogP contribution >= 0.6 is 0 Å². The van der Waals surface area contributed by atoms with Gasteiger partial charge in [0.25, 0.3) is 0 Å². The van der Waals surface area contributed by atoms with Gasteiger partial charge in [-0.25, -0.2) is 0 Å². The molecule has 0 fully saturated rings. The van der Waals surface area contributed by atoms with E-state index in [0.29, 0.717) is 0 Å². The maximum absolute atomic E-state index is 2.42. The highest BCUT2D eigenvalue weighted by molar-refractivity contribution is 6.09. The predicted octanol–water partition coefficient (Wildman–Crippen LogP) is 9.13. The third-order valence-electron chi connectivity index (χ3n) is 6.23. The number of benzene rings is 6. The van der Waals surface area contributed by atoms with Crippen molar-refractivity contribution < 1.29 is 0 Å². The lowest BCUT2D eigenvalue weighted by atomic mass is 9.96. The molecule has 0 heterocycles. The first-order chi connectivity index (χ1) is 16.4. The molecule has 0 amide bonds. The van der Waals surface area contributed by atoms with E-state index in [9.17, 15) is 0 Å². The van der Waals surface area contributed by atoms with Crippen LogP contribution in [0.15, 0.2) is 140 Å². The maximum atomic E-state index is 2.42. The van der Waals surface area contributed by atoms with E-state index in [2.05, 4.69) is 144 Å². The summed E-state index contributed by atoms with van der Waals surface area (Å²) in [5, 5.41) is 4.93. The van der Waals surface area contributed by atoms with Crippen molar-refractivity contribution in [2.45, 2.75) is 0 Å². The first-order valence-electron chi connectivity index (χ1n) is 11.3. The number of rotatable bonds is 4. The van der Waals surface area contributed by atoms with Crippen LogP contribution in [0.4, 0.5) is 17.1 Å². The van der Waals surface area contributed by atoms with Crippen LogP contribution in [0.5, 0.6) is 0 Å². The van der Waals surface area contributed by atoms with E-state index < -0.39 is 0 Å². The van der Waals surface area contributed by atoms with Gasteiger partial charge in [0, 0.05) is 22.0 Å². The van der Waals surface area contributed by atoms with Crippen LogP contribution in [0.1, 0.15) is 0 Å². The van der Waals surface area contributed by atoms with E-state index in [1.54, 1.807) is 0 Å². The number of fused-ring (bicyclic) bond motifs is 2. The van der Waals surface area contributed by atoms with Crippen molar-refractivity contribution in [3.63, 3.8) is 0 Å². The van der Waals surface area contributed by atoms with Crippen LogP contribution < -0.4 is 4.90 Å². The summed E-state index contributed by atoms with van der Waals surface area (Å²) < 4.78 is 0. The zero-order valence-electron chi connectivity index (χ0n) is 18.2. The Hall–Kier alpha value is -4.36. The molecular weight excluding hydrogens is 398 g/mol. The van der Waals surface area contributed by atoms with Crippen LogP contribution in [-0.4, -0.2) is 0 Å². The summed E-state index contributed by atoms with van der Waals surface area (Å²) in [5.74, 6) is 0. The van der Waals surface area contributed by atoms with Gasteiger partial charge in [0.15, 0.2) is 0 Å². The normalized spacial score (nSPS) is 11.0. The van der Waals surface area contributed by atoms with Gasteiger partial charge in [-0.2, -0.15) is 0 Å². The first-order valence-corrected chi connectivity index (χ1v) is 11.3. The largest absolute Gasteiger partial charge is 0.309 e. The van der Waals surface area contributed by atoms with Gasteiger partial charge in [0.1, 0.15) is 0 Å². The molecule has 6 rings (SSSR count). The molecule has 0 aliphatic carbocycles. The Labute approximate surface area is 194 Å². The lowest BCUT2D eigenvalue weighted by Crippen LogP contribution is -2.12. The minimum Gasteiger partial charge on any atom is -0.309 e. The van der Waals surface area contributed by atoms with Crippen molar-refractivity contribution in [2.24, 2.45) is 0 Å². The quantitative estimate of drug-likeness (QED) is 0.274. The smallest absolute Gasteiger partial charge is 0.0618 e. The van der Waals surface area contributed by atoms with Crippen LogP contribution in [-0.2, 0) is 0 Å².